The molecule has 0 atom stereocenters. The summed E-state index contributed by atoms with van der Waals surface area (Å²) in [5.74, 6) is 0.611. The molecule has 0 radical (unpaired) electrons. The average molecular weight is 424 g/mol. The van der Waals surface area contributed by atoms with Crippen LogP contribution in [0.3, 0.4) is 0 Å². The maximum atomic E-state index is 12.8. The molecule has 1 fully saturated rings. The van der Waals surface area contributed by atoms with Crippen LogP contribution in [0.25, 0.3) is 6.08 Å². The first-order valence-corrected chi connectivity index (χ1v) is 9.42. The van der Waals surface area contributed by atoms with Crippen LogP contribution in [0.2, 0.25) is 10.0 Å². The predicted octanol–water partition coefficient (Wildman–Crippen LogP) is 5.25. The second kappa shape index (κ2) is 8.25. The van der Waals surface area contributed by atoms with Crippen LogP contribution >= 0.6 is 35.0 Å². The van der Waals surface area contributed by atoms with Gasteiger partial charge in [0, 0.05) is 21.2 Å². The van der Waals surface area contributed by atoms with E-state index in [-0.39, 0.29) is 16.7 Å². The minimum absolute atomic E-state index is 0.00968. The van der Waals surface area contributed by atoms with Crippen LogP contribution in [0.15, 0.2) is 41.3 Å². The molecule has 0 saturated carbocycles. The lowest BCUT2D eigenvalue weighted by molar-refractivity contribution is -0.123. The van der Waals surface area contributed by atoms with Gasteiger partial charge in [-0.25, -0.2) is 0 Å². The number of nitrogens with zero attached hydrogens (tertiary/aromatic N) is 1. The fourth-order valence-corrected chi connectivity index (χ4v) is 3.99. The molecule has 3 rings (SSSR count). The lowest BCUT2D eigenvalue weighted by Crippen LogP contribution is -2.27. The Morgan fingerprint density at radius 1 is 1.04 bits per heavy atom. The molecule has 1 aliphatic heterocycles. The molecule has 0 aliphatic carbocycles. The Kier molecular flexibility index (Phi) is 5.99. The number of methoxy groups -OCH3 is 2. The normalized spacial score (nSPS) is 15.6. The van der Waals surface area contributed by atoms with Crippen molar-refractivity contribution in [1.82, 2.24) is 4.90 Å². The fourth-order valence-electron chi connectivity index (χ4n) is 2.64. The van der Waals surface area contributed by atoms with Gasteiger partial charge >= 0.3 is 0 Å². The van der Waals surface area contributed by atoms with Crippen molar-refractivity contribution in [3.05, 3.63) is 62.5 Å². The number of carbonyl (C=O) groups is 2. The van der Waals surface area contributed by atoms with E-state index in [9.17, 15) is 9.59 Å². The number of thioether (sulfide) groups is 1. The largest absolute Gasteiger partial charge is 0.493 e. The molecule has 2 aromatic carbocycles. The summed E-state index contributed by atoms with van der Waals surface area (Å²) in [5, 5.41) is 0.420. The van der Waals surface area contributed by atoms with Gasteiger partial charge in [0.05, 0.1) is 25.7 Å². The van der Waals surface area contributed by atoms with Crippen molar-refractivity contribution < 1.29 is 19.1 Å². The summed E-state index contributed by atoms with van der Waals surface area (Å²) in [5.41, 5.74) is 1.17. The number of hydrogen-bond acceptors (Lipinski definition) is 5. The summed E-state index contributed by atoms with van der Waals surface area (Å²) in [6.07, 6.45) is 1.61. The van der Waals surface area contributed by atoms with Crippen LogP contribution in [-0.2, 0) is 11.3 Å². The van der Waals surface area contributed by atoms with Crippen LogP contribution < -0.4 is 9.47 Å². The summed E-state index contributed by atoms with van der Waals surface area (Å²) in [6.45, 7) is 0.00968. The van der Waals surface area contributed by atoms with Crippen molar-refractivity contribution in [2.24, 2.45) is 0 Å². The summed E-state index contributed by atoms with van der Waals surface area (Å²) < 4.78 is 10.6. The highest BCUT2D eigenvalue weighted by Crippen LogP contribution is 2.38. The Balaban J connectivity index is 1.92. The first kappa shape index (κ1) is 19.6. The first-order chi connectivity index (χ1) is 13.0. The first-order valence-electron chi connectivity index (χ1n) is 7.85. The number of amides is 2. The number of halogens is 2. The van der Waals surface area contributed by atoms with Crippen molar-refractivity contribution in [1.29, 1.82) is 0 Å². The number of para-hydroxylation sites is 1. The third-order valence-electron chi connectivity index (χ3n) is 3.97. The van der Waals surface area contributed by atoms with Crippen molar-refractivity contribution in [3.63, 3.8) is 0 Å². The number of hydrogen-bond donors (Lipinski definition) is 0. The molecule has 0 unspecified atom stereocenters. The standard InChI is InChI=1S/C19H15Cl2NO4S/c1-25-15-8-3-5-11(17(15)26-2)9-16-18(23)22(19(24)27-16)10-12-13(20)6-4-7-14(12)21/h3-9H,10H2,1-2H3/b16-9-. The second-order valence-corrected chi connectivity index (χ2v) is 7.36. The number of ether oxygens (including phenoxy) is 2. The molecule has 1 heterocycles. The van der Waals surface area contributed by atoms with Gasteiger partial charge in [0.1, 0.15) is 0 Å². The maximum absolute atomic E-state index is 12.8. The van der Waals surface area contributed by atoms with Gasteiger partial charge in [-0.15, -0.1) is 0 Å². The van der Waals surface area contributed by atoms with Crippen molar-refractivity contribution in [3.8, 4) is 11.5 Å². The summed E-state index contributed by atoms with van der Waals surface area (Å²) >= 11 is 13.2. The van der Waals surface area contributed by atoms with E-state index in [0.717, 1.165) is 16.7 Å². The second-order valence-electron chi connectivity index (χ2n) is 5.55. The Morgan fingerprint density at radius 2 is 1.70 bits per heavy atom. The number of imide groups is 1. The van der Waals surface area contributed by atoms with Crippen LogP contribution in [0.1, 0.15) is 11.1 Å². The van der Waals surface area contributed by atoms with E-state index in [0.29, 0.717) is 32.7 Å². The quantitative estimate of drug-likeness (QED) is 0.614. The lowest BCUT2D eigenvalue weighted by Gasteiger charge is -2.14. The molecule has 1 saturated heterocycles. The third kappa shape index (κ3) is 3.93. The van der Waals surface area contributed by atoms with E-state index < -0.39 is 5.91 Å². The van der Waals surface area contributed by atoms with Crippen molar-refractivity contribution in [2.45, 2.75) is 6.54 Å². The van der Waals surface area contributed by atoms with Crippen LogP contribution in [-0.4, -0.2) is 30.3 Å². The molecule has 1 aliphatic rings. The monoisotopic (exact) mass is 423 g/mol. The highest BCUT2D eigenvalue weighted by molar-refractivity contribution is 8.18. The Morgan fingerprint density at radius 3 is 2.33 bits per heavy atom. The van der Waals surface area contributed by atoms with Gasteiger partial charge < -0.3 is 9.47 Å². The van der Waals surface area contributed by atoms with Gasteiger partial charge in [-0.3, -0.25) is 14.5 Å². The van der Waals surface area contributed by atoms with Gasteiger partial charge in [-0.05, 0) is 36.0 Å². The van der Waals surface area contributed by atoms with Crippen LogP contribution in [0.5, 0.6) is 11.5 Å². The van der Waals surface area contributed by atoms with Gasteiger partial charge in [-0.2, -0.15) is 0 Å². The fraction of sp³-hybridized carbons (Fsp3) is 0.158. The number of rotatable bonds is 5. The highest BCUT2D eigenvalue weighted by atomic mass is 35.5. The lowest BCUT2D eigenvalue weighted by atomic mass is 10.1. The van der Waals surface area contributed by atoms with Gasteiger partial charge in [0.2, 0.25) is 0 Å². The zero-order chi connectivity index (χ0) is 19.6. The van der Waals surface area contributed by atoms with E-state index in [1.807, 2.05) is 0 Å². The molecule has 5 nitrogen and oxygen atoms in total. The van der Waals surface area contributed by atoms with E-state index in [1.54, 1.807) is 42.5 Å². The average Bonchev–Trinajstić information content (AvgIpc) is 2.91. The molecule has 0 bridgehead atoms. The summed E-state index contributed by atoms with van der Waals surface area (Å²) in [4.78, 5) is 26.5. The van der Waals surface area contributed by atoms with E-state index in [1.165, 1.54) is 14.2 Å². The van der Waals surface area contributed by atoms with Crippen LogP contribution in [0.4, 0.5) is 4.79 Å². The molecule has 2 amide bonds. The van der Waals surface area contributed by atoms with Gasteiger partial charge in [0.15, 0.2) is 11.5 Å². The predicted molar refractivity (Wildman–Crippen MR) is 108 cm³/mol. The Bertz CT molecular complexity index is 925. The Hall–Kier alpha value is -2.15. The molecule has 140 valence electrons. The zero-order valence-electron chi connectivity index (χ0n) is 14.5. The van der Waals surface area contributed by atoms with E-state index in [4.69, 9.17) is 32.7 Å². The van der Waals surface area contributed by atoms with Crippen LogP contribution in [0, 0.1) is 0 Å². The maximum Gasteiger partial charge on any atom is 0.293 e. The Labute approximate surface area is 170 Å². The molecule has 0 spiro atoms. The smallest absolute Gasteiger partial charge is 0.293 e. The number of benzene rings is 2. The minimum atomic E-state index is -0.411. The van der Waals surface area contributed by atoms with Gasteiger partial charge in [-0.1, -0.05) is 41.4 Å². The molecule has 0 N–H and O–H groups in total. The summed E-state index contributed by atoms with van der Waals surface area (Å²) in [6, 6.07) is 10.3. The molecule has 27 heavy (non-hydrogen) atoms. The molecule has 2 aromatic rings. The number of carbonyl (C=O) groups excluding carboxylic acids is 2. The molecular formula is C19H15Cl2NO4S. The highest BCUT2D eigenvalue weighted by Gasteiger charge is 2.36. The molecular weight excluding hydrogens is 409 g/mol. The third-order valence-corrected chi connectivity index (χ3v) is 5.59. The minimum Gasteiger partial charge on any atom is -0.493 e. The topological polar surface area (TPSA) is 55.8 Å². The van der Waals surface area contributed by atoms with Crippen molar-refractivity contribution >= 4 is 52.2 Å². The van der Waals surface area contributed by atoms with Gasteiger partial charge in [0.25, 0.3) is 11.1 Å². The van der Waals surface area contributed by atoms with Crippen molar-refractivity contribution in [2.75, 3.05) is 14.2 Å². The zero-order valence-corrected chi connectivity index (χ0v) is 16.8. The van der Waals surface area contributed by atoms with E-state index in [2.05, 4.69) is 0 Å². The SMILES string of the molecule is COc1cccc(/C=C2\SC(=O)N(Cc3c(Cl)cccc3Cl)C2=O)c1OC. The summed E-state index contributed by atoms with van der Waals surface area (Å²) in [7, 11) is 3.04. The molecule has 8 heteroatoms. The molecule has 0 aromatic heterocycles. The van der Waals surface area contributed by atoms with E-state index >= 15 is 0 Å².